The molecule has 0 atom stereocenters. The molecular formula is C11H17NS. The summed E-state index contributed by atoms with van der Waals surface area (Å²) in [6.45, 7) is 8.00. The summed E-state index contributed by atoms with van der Waals surface area (Å²) >= 11 is 1.68. The van der Waals surface area contributed by atoms with E-state index in [1.165, 1.54) is 4.70 Å². The van der Waals surface area contributed by atoms with Crippen molar-refractivity contribution in [2.75, 3.05) is 0 Å². The van der Waals surface area contributed by atoms with Crippen LogP contribution in [0.2, 0.25) is 0 Å². The lowest BCUT2D eigenvalue weighted by molar-refractivity contribution is 1.50. The van der Waals surface area contributed by atoms with Crippen LogP contribution in [0.5, 0.6) is 0 Å². The average Bonchev–Trinajstić information content (AvgIpc) is 2.71. The van der Waals surface area contributed by atoms with Crippen LogP contribution in [-0.2, 0) is 0 Å². The molecule has 2 aromatic rings. The molecule has 13 heavy (non-hydrogen) atoms. The van der Waals surface area contributed by atoms with Gasteiger partial charge in [0.15, 0.2) is 0 Å². The van der Waals surface area contributed by atoms with Gasteiger partial charge in [0, 0.05) is 0 Å². The van der Waals surface area contributed by atoms with Crippen LogP contribution in [0.3, 0.4) is 0 Å². The van der Waals surface area contributed by atoms with Crippen molar-refractivity contribution in [2.24, 2.45) is 0 Å². The van der Waals surface area contributed by atoms with Crippen LogP contribution in [0.1, 0.15) is 27.7 Å². The second kappa shape index (κ2) is 7.74. The van der Waals surface area contributed by atoms with E-state index in [0.29, 0.717) is 0 Å². The molecule has 0 spiro atoms. The fourth-order valence-corrected chi connectivity index (χ4v) is 1.48. The first kappa shape index (κ1) is 12.1. The standard InChI is InChI=1S/C7H5NS.2C2H6/c1-2-4-7-6(3-1)8-5-9-7;2*1-2/h1-5H;2*1-2H3. The summed E-state index contributed by atoms with van der Waals surface area (Å²) < 4.78 is 1.26. The van der Waals surface area contributed by atoms with E-state index in [1.54, 1.807) is 11.3 Å². The van der Waals surface area contributed by atoms with Crippen LogP contribution in [0.25, 0.3) is 10.2 Å². The smallest absolute Gasteiger partial charge is 0.0812 e. The summed E-state index contributed by atoms with van der Waals surface area (Å²) in [7, 11) is 0. The summed E-state index contributed by atoms with van der Waals surface area (Å²) in [4.78, 5) is 4.14. The number of nitrogens with zero attached hydrogens (tertiary/aromatic N) is 1. The number of hydrogen-bond donors (Lipinski definition) is 0. The molecule has 0 radical (unpaired) electrons. The summed E-state index contributed by atoms with van der Waals surface area (Å²) in [6, 6.07) is 8.13. The third-order valence-corrected chi connectivity index (χ3v) is 2.05. The van der Waals surface area contributed by atoms with Crippen molar-refractivity contribution in [3.05, 3.63) is 29.8 Å². The number of thiazole rings is 1. The molecule has 0 amide bonds. The Balaban J connectivity index is 0.000000322. The van der Waals surface area contributed by atoms with Crippen LogP contribution in [-0.4, -0.2) is 4.98 Å². The summed E-state index contributed by atoms with van der Waals surface area (Å²) in [6.07, 6.45) is 0. The number of fused-ring (bicyclic) bond motifs is 1. The number of hydrogen-bond acceptors (Lipinski definition) is 2. The molecule has 1 aromatic carbocycles. The quantitative estimate of drug-likeness (QED) is 0.609. The second-order valence-electron chi connectivity index (χ2n) is 1.82. The molecule has 0 N–H and O–H groups in total. The molecule has 0 unspecified atom stereocenters. The highest BCUT2D eigenvalue weighted by Crippen LogP contribution is 2.15. The predicted molar refractivity (Wildman–Crippen MR) is 62.3 cm³/mol. The van der Waals surface area contributed by atoms with Crippen molar-refractivity contribution >= 4 is 21.6 Å². The maximum atomic E-state index is 4.14. The number of aromatic nitrogens is 1. The zero-order chi connectivity index (χ0) is 10.1. The van der Waals surface area contributed by atoms with Gasteiger partial charge in [-0.25, -0.2) is 4.98 Å². The van der Waals surface area contributed by atoms with E-state index in [-0.39, 0.29) is 0 Å². The van der Waals surface area contributed by atoms with E-state index < -0.39 is 0 Å². The normalized spacial score (nSPS) is 8.00. The minimum absolute atomic E-state index is 1.10. The van der Waals surface area contributed by atoms with Crippen molar-refractivity contribution in [1.29, 1.82) is 0 Å². The van der Waals surface area contributed by atoms with Gasteiger partial charge in [-0.1, -0.05) is 39.8 Å². The van der Waals surface area contributed by atoms with Gasteiger partial charge in [0.25, 0.3) is 0 Å². The summed E-state index contributed by atoms with van der Waals surface area (Å²) in [5.74, 6) is 0. The van der Waals surface area contributed by atoms with Gasteiger partial charge in [0.05, 0.1) is 15.7 Å². The van der Waals surface area contributed by atoms with E-state index in [4.69, 9.17) is 0 Å². The topological polar surface area (TPSA) is 12.9 Å². The largest absolute Gasteiger partial charge is 0.245 e. The Morgan fingerprint density at radius 3 is 2.23 bits per heavy atom. The highest BCUT2D eigenvalue weighted by molar-refractivity contribution is 7.16. The lowest BCUT2D eigenvalue weighted by Gasteiger charge is -1.80. The van der Waals surface area contributed by atoms with E-state index in [9.17, 15) is 0 Å². The van der Waals surface area contributed by atoms with Crippen molar-refractivity contribution in [3.8, 4) is 0 Å². The van der Waals surface area contributed by atoms with Gasteiger partial charge < -0.3 is 0 Å². The summed E-state index contributed by atoms with van der Waals surface area (Å²) in [5.41, 5.74) is 2.97. The van der Waals surface area contributed by atoms with Crippen molar-refractivity contribution in [3.63, 3.8) is 0 Å². The van der Waals surface area contributed by atoms with Crippen LogP contribution < -0.4 is 0 Å². The monoisotopic (exact) mass is 195 g/mol. The molecule has 2 rings (SSSR count). The van der Waals surface area contributed by atoms with Crippen molar-refractivity contribution < 1.29 is 0 Å². The third-order valence-electron chi connectivity index (χ3n) is 1.24. The zero-order valence-electron chi connectivity index (χ0n) is 8.74. The van der Waals surface area contributed by atoms with Crippen molar-refractivity contribution in [2.45, 2.75) is 27.7 Å². The lowest BCUT2D eigenvalue weighted by atomic mass is 10.3. The first-order valence-electron chi connectivity index (χ1n) is 4.75. The van der Waals surface area contributed by atoms with Crippen LogP contribution in [0, 0.1) is 0 Å². The van der Waals surface area contributed by atoms with Gasteiger partial charge >= 0.3 is 0 Å². The van der Waals surface area contributed by atoms with E-state index >= 15 is 0 Å². The first-order chi connectivity index (χ1) is 6.47. The Hall–Kier alpha value is -0.890. The van der Waals surface area contributed by atoms with Gasteiger partial charge in [-0.05, 0) is 12.1 Å². The Morgan fingerprint density at radius 1 is 1.00 bits per heavy atom. The molecule has 0 saturated heterocycles. The van der Waals surface area contributed by atoms with Gasteiger partial charge in [0.2, 0.25) is 0 Å². The molecule has 0 fully saturated rings. The third kappa shape index (κ3) is 3.55. The number of para-hydroxylation sites is 1. The molecular weight excluding hydrogens is 178 g/mol. The molecule has 72 valence electrons. The average molecular weight is 195 g/mol. The molecule has 2 heteroatoms. The van der Waals surface area contributed by atoms with Crippen molar-refractivity contribution in [1.82, 2.24) is 4.98 Å². The highest BCUT2D eigenvalue weighted by atomic mass is 32.1. The number of benzene rings is 1. The maximum absolute atomic E-state index is 4.14. The fraction of sp³-hybridized carbons (Fsp3) is 0.364. The molecule has 1 nitrogen and oxygen atoms in total. The number of rotatable bonds is 0. The minimum atomic E-state index is 1.10. The summed E-state index contributed by atoms with van der Waals surface area (Å²) in [5, 5.41) is 0. The first-order valence-corrected chi connectivity index (χ1v) is 5.63. The molecule has 0 saturated carbocycles. The second-order valence-corrected chi connectivity index (χ2v) is 2.71. The Bertz CT molecular complexity index is 284. The van der Waals surface area contributed by atoms with Crippen LogP contribution >= 0.6 is 11.3 Å². The molecule has 0 aliphatic rings. The Labute approximate surface area is 84.4 Å². The van der Waals surface area contributed by atoms with E-state index in [2.05, 4.69) is 11.1 Å². The Morgan fingerprint density at radius 2 is 1.62 bits per heavy atom. The minimum Gasteiger partial charge on any atom is -0.245 e. The predicted octanol–water partition coefficient (Wildman–Crippen LogP) is 4.35. The zero-order valence-corrected chi connectivity index (χ0v) is 9.56. The lowest BCUT2D eigenvalue weighted by Crippen LogP contribution is -1.61. The van der Waals surface area contributed by atoms with Gasteiger partial charge in [-0.3, -0.25) is 0 Å². The van der Waals surface area contributed by atoms with Crippen LogP contribution in [0.4, 0.5) is 0 Å². The van der Waals surface area contributed by atoms with E-state index in [1.807, 2.05) is 51.4 Å². The van der Waals surface area contributed by atoms with Gasteiger partial charge in [-0.2, -0.15) is 0 Å². The SMILES string of the molecule is CC.CC.c1ccc2scnc2c1. The maximum Gasteiger partial charge on any atom is 0.0812 e. The molecule has 1 heterocycles. The molecule has 0 aliphatic carbocycles. The molecule has 0 bridgehead atoms. The van der Waals surface area contributed by atoms with Gasteiger partial charge in [0.1, 0.15) is 0 Å². The van der Waals surface area contributed by atoms with Crippen LogP contribution in [0.15, 0.2) is 29.8 Å². The fourth-order valence-electron chi connectivity index (χ4n) is 0.803. The Kier molecular flexibility index (Phi) is 7.21. The van der Waals surface area contributed by atoms with E-state index in [0.717, 1.165) is 5.52 Å². The molecule has 1 aromatic heterocycles. The highest BCUT2D eigenvalue weighted by Gasteiger charge is 1.89. The molecule has 0 aliphatic heterocycles. The van der Waals surface area contributed by atoms with Gasteiger partial charge in [-0.15, -0.1) is 11.3 Å².